The van der Waals surface area contributed by atoms with Gasteiger partial charge in [-0.2, -0.15) is 5.10 Å². The average Bonchev–Trinajstić information content (AvgIpc) is 3.17. The maximum atomic E-state index is 13.2. The molecule has 0 aromatic carbocycles. The molecule has 8 nitrogen and oxygen atoms in total. The number of pyridine rings is 1. The molecule has 5 rings (SSSR count). The Morgan fingerprint density at radius 1 is 1.14 bits per heavy atom. The van der Waals surface area contributed by atoms with Gasteiger partial charge in [0.15, 0.2) is 5.65 Å². The summed E-state index contributed by atoms with van der Waals surface area (Å²) < 4.78 is 4.07. The lowest BCUT2D eigenvalue weighted by Crippen LogP contribution is -2.39. The van der Waals surface area contributed by atoms with Crippen LogP contribution in [0.1, 0.15) is 65.7 Å². The molecule has 1 saturated heterocycles. The van der Waals surface area contributed by atoms with Crippen LogP contribution in [0.5, 0.6) is 0 Å². The van der Waals surface area contributed by atoms with Gasteiger partial charge in [0.1, 0.15) is 11.6 Å². The monoisotopic (exact) mass is 393 g/mol. The van der Waals surface area contributed by atoms with E-state index in [2.05, 4.69) is 24.8 Å². The fourth-order valence-electron chi connectivity index (χ4n) is 4.79. The molecular formula is C21H27N7O. The van der Waals surface area contributed by atoms with Crippen LogP contribution in [0.25, 0.3) is 11.0 Å². The summed E-state index contributed by atoms with van der Waals surface area (Å²) in [5.41, 5.74) is 2.34. The largest absolute Gasteiger partial charge is 0.338 e. The Hall–Kier alpha value is -2.77. The number of amides is 1. The van der Waals surface area contributed by atoms with Crippen molar-refractivity contribution < 1.29 is 4.79 Å². The topological polar surface area (TPSA) is 81.7 Å². The molecular weight excluding hydrogens is 366 g/mol. The van der Waals surface area contributed by atoms with Gasteiger partial charge in [-0.05, 0) is 38.7 Å². The lowest BCUT2D eigenvalue weighted by molar-refractivity contribution is 0.0703. The molecule has 1 atom stereocenters. The van der Waals surface area contributed by atoms with Gasteiger partial charge in [0.2, 0.25) is 0 Å². The van der Waals surface area contributed by atoms with Crippen LogP contribution in [-0.4, -0.2) is 53.4 Å². The number of fused-ring (bicyclic) bond motifs is 2. The smallest absolute Gasteiger partial charge is 0.255 e. The highest BCUT2D eigenvalue weighted by atomic mass is 16.2. The van der Waals surface area contributed by atoms with Crippen LogP contribution < -0.4 is 0 Å². The first kappa shape index (κ1) is 18.3. The second-order valence-electron chi connectivity index (χ2n) is 8.33. The molecule has 152 valence electrons. The first-order valence-electron chi connectivity index (χ1n) is 10.6. The van der Waals surface area contributed by atoms with Gasteiger partial charge in [0, 0.05) is 50.6 Å². The Kier molecular flexibility index (Phi) is 4.56. The van der Waals surface area contributed by atoms with Gasteiger partial charge in [-0.15, -0.1) is 10.2 Å². The van der Waals surface area contributed by atoms with Gasteiger partial charge in [-0.1, -0.05) is 6.42 Å². The molecule has 3 aromatic heterocycles. The summed E-state index contributed by atoms with van der Waals surface area (Å²) in [6.07, 6.45) is 8.36. The van der Waals surface area contributed by atoms with Crippen LogP contribution in [0.4, 0.5) is 0 Å². The van der Waals surface area contributed by atoms with E-state index in [0.29, 0.717) is 12.1 Å². The number of carbonyl (C=O) groups is 1. The number of rotatable bonds is 2. The Balaban J connectivity index is 1.39. The number of nitrogens with zero attached hydrogens (tertiary/aromatic N) is 7. The minimum absolute atomic E-state index is 0.0444. The molecule has 0 N–H and O–H groups in total. The van der Waals surface area contributed by atoms with Gasteiger partial charge < -0.3 is 9.47 Å². The Morgan fingerprint density at radius 3 is 2.93 bits per heavy atom. The first-order chi connectivity index (χ1) is 14.1. The van der Waals surface area contributed by atoms with Gasteiger partial charge in [-0.3, -0.25) is 9.48 Å². The van der Waals surface area contributed by atoms with Crippen molar-refractivity contribution in [2.75, 3.05) is 13.1 Å². The fraction of sp³-hybridized carbons (Fsp3) is 0.571. The number of carbonyl (C=O) groups excluding carboxylic acids is 1. The van der Waals surface area contributed by atoms with Gasteiger partial charge in [0.05, 0.1) is 11.3 Å². The van der Waals surface area contributed by atoms with E-state index in [0.717, 1.165) is 60.7 Å². The molecule has 0 aliphatic carbocycles. The van der Waals surface area contributed by atoms with Crippen LogP contribution in [0.2, 0.25) is 0 Å². The van der Waals surface area contributed by atoms with Gasteiger partial charge >= 0.3 is 0 Å². The highest BCUT2D eigenvalue weighted by Gasteiger charge is 2.30. The SMILES string of the molecule is Cc1nn(C)c2ncc(C(=O)N3CCC[C@H](c4nnc5n4CCCCC5)C3)cc12. The number of likely N-dealkylation sites (tertiary alicyclic amines) is 1. The van der Waals surface area contributed by atoms with Crippen molar-refractivity contribution in [3.63, 3.8) is 0 Å². The normalized spacial score (nSPS) is 19.9. The zero-order valence-corrected chi connectivity index (χ0v) is 17.1. The van der Waals surface area contributed by atoms with Gasteiger partial charge in [0.25, 0.3) is 5.91 Å². The third kappa shape index (κ3) is 3.20. The van der Waals surface area contributed by atoms with E-state index >= 15 is 0 Å². The standard InChI is InChI=1S/C21H27N7O/c1-14-17-11-16(12-22-20(17)26(2)25-14)21(29)27-9-6-7-15(13-27)19-24-23-18-8-4-3-5-10-28(18)19/h11-12,15H,3-10,13H2,1-2H3/t15-/m0/s1. The minimum atomic E-state index is 0.0444. The molecule has 3 aromatic rings. The third-order valence-corrected chi connectivity index (χ3v) is 6.32. The predicted molar refractivity (Wildman–Crippen MR) is 109 cm³/mol. The van der Waals surface area contributed by atoms with Crippen LogP contribution >= 0.6 is 0 Å². The molecule has 0 bridgehead atoms. The van der Waals surface area contributed by atoms with Gasteiger partial charge in [-0.25, -0.2) is 4.98 Å². The number of hydrogen-bond acceptors (Lipinski definition) is 5. The number of hydrogen-bond donors (Lipinski definition) is 0. The lowest BCUT2D eigenvalue weighted by Gasteiger charge is -2.32. The maximum absolute atomic E-state index is 13.2. The first-order valence-corrected chi connectivity index (χ1v) is 10.6. The molecule has 1 amide bonds. The fourth-order valence-corrected chi connectivity index (χ4v) is 4.79. The zero-order valence-electron chi connectivity index (χ0n) is 17.1. The summed E-state index contributed by atoms with van der Waals surface area (Å²) in [6.45, 7) is 4.43. The van der Waals surface area contributed by atoms with E-state index in [4.69, 9.17) is 0 Å². The molecule has 0 saturated carbocycles. The second kappa shape index (κ2) is 7.24. The summed E-state index contributed by atoms with van der Waals surface area (Å²) in [4.78, 5) is 19.7. The molecule has 8 heteroatoms. The van der Waals surface area contributed by atoms with Crippen molar-refractivity contribution in [3.8, 4) is 0 Å². The van der Waals surface area contributed by atoms with E-state index in [9.17, 15) is 4.79 Å². The van der Waals surface area contributed by atoms with Crippen molar-refractivity contribution >= 4 is 16.9 Å². The van der Waals surface area contributed by atoms with Crippen molar-refractivity contribution in [3.05, 3.63) is 35.2 Å². The summed E-state index contributed by atoms with van der Waals surface area (Å²) in [7, 11) is 1.88. The van der Waals surface area contributed by atoms with Crippen molar-refractivity contribution in [1.82, 2.24) is 34.4 Å². The predicted octanol–water partition coefficient (Wildman–Crippen LogP) is 2.61. The minimum Gasteiger partial charge on any atom is -0.338 e. The van der Waals surface area contributed by atoms with E-state index < -0.39 is 0 Å². The lowest BCUT2D eigenvalue weighted by atomic mass is 9.96. The molecule has 2 aliphatic rings. The van der Waals surface area contributed by atoms with Crippen LogP contribution in [0.15, 0.2) is 12.3 Å². The van der Waals surface area contributed by atoms with E-state index in [-0.39, 0.29) is 11.8 Å². The molecule has 29 heavy (non-hydrogen) atoms. The van der Waals surface area contributed by atoms with Crippen molar-refractivity contribution in [2.24, 2.45) is 7.05 Å². The maximum Gasteiger partial charge on any atom is 0.255 e. The quantitative estimate of drug-likeness (QED) is 0.668. The summed E-state index contributed by atoms with van der Waals surface area (Å²) >= 11 is 0. The van der Waals surface area contributed by atoms with E-state index in [1.165, 1.54) is 19.3 Å². The van der Waals surface area contributed by atoms with Crippen molar-refractivity contribution in [2.45, 2.75) is 57.9 Å². The zero-order chi connectivity index (χ0) is 20.0. The van der Waals surface area contributed by atoms with Crippen molar-refractivity contribution in [1.29, 1.82) is 0 Å². The van der Waals surface area contributed by atoms with Crippen LogP contribution in [0.3, 0.4) is 0 Å². The summed E-state index contributed by atoms with van der Waals surface area (Å²) in [6, 6.07) is 1.93. The van der Waals surface area contributed by atoms with Crippen LogP contribution in [-0.2, 0) is 20.0 Å². The molecule has 1 fully saturated rings. The molecule has 5 heterocycles. The Labute approximate surface area is 169 Å². The summed E-state index contributed by atoms with van der Waals surface area (Å²) in [5, 5.41) is 14.3. The average molecular weight is 393 g/mol. The highest BCUT2D eigenvalue weighted by Crippen LogP contribution is 2.29. The number of piperidine rings is 1. The molecule has 0 radical (unpaired) electrons. The van der Waals surface area contributed by atoms with E-state index in [1.807, 2.05) is 24.9 Å². The Bertz CT molecular complexity index is 1070. The molecule has 0 unspecified atom stereocenters. The number of aryl methyl sites for hydroxylation is 3. The third-order valence-electron chi connectivity index (χ3n) is 6.32. The second-order valence-corrected chi connectivity index (χ2v) is 8.33. The highest BCUT2D eigenvalue weighted by molar-refractivity contribution is 5.97. The van der Waals surface area contributed by atoms with Crippen LogP contribution in [0, 0.1) is 6.92 Å². The molecule has 0 spiro atoms. The number of aromatic nitrogens is 6. The Morgan fingerprint density at radius 2 is 2.03 bits per heavy atom. The van der Waals surface area contributed by atoms with E-state index in [1.54, 1.807) is 10.9 Å². The molecule has 2 aliphatic heterocycles. The summed E-state index contributed by atoms with van der Waals surface area (Å²) in [5.74, 6) is 2.48.